The lowest BCUT2D eigenvalue weighted by Gasteiger charge is -2.32. The molecule has 1 rings (SSSR count). The molecule has 6 heteroatoms. The second-order valence-electron chi connectivity index (χ2n) is 6.24. The Morgan fingerprint density at radius 3 is 2.21 bits per heavy atom. The third-order valence-electron chi connectivity index (χ3n) is 3.08. The van der Waals surface area contributed by atoms with Crippen LogP contribution in [0.15, 0.2) is 0 Å². The molecule has 0 aromatic rings. The van der Waals surface area contributed by atoms with Crippen molar-refractivity contribution in [2.45, 2.75) is 40.5 Å². The molecule has 0 radical (unpaired) electrons. The highest BCUT2D eigenvalue weighted by Gasteiger charge is 2.33. The molecule has 1 heterocycles. The summed E-state index contributed by atoms with van der Waals surface area (Å²) in [5, 5.41) is 0. The predicted octanol–water partition coefficient (Wildman–Crippen LogP) is 1.64. The lowest BCUT2D eigenvalue weighted by atomic mass is 9.98. The van der Waals surface area contributed by atoms with Crippen molar-refractivity contribution in [3.63, 3.8) is 0 Å². The van der Waals surface area contributed by atoms with Gasteiger partial charge in [-0.3, -0.25) is 4.79 Å². The Kier molecular flexibility index (Phi) is 5.38. The standard InChI is InChI=1S/C13H25NO4S/c1-5-18-12(15)11-6-8-14(9-7-11)19(16,17)10-13(2,3)4/h11H,5-10H2,1-4H3. The van der Waals surface area contributed by atoms with Crippen LogP contribution in [-0.4, -0.2) is 44.1 Å². The topological polar surface area (TPSA) is 63.7 Å². The van der Waals surface area contributed by atoms with Gasteiger partial charge < -0.3 is 4.74 Å². The van der Waals surface area contributed by atoms with Crippen LogP contribution >= 0.6 is 0 Å². The fourth-order valence-electron chi connectivity index (χ4n) is 2.27. The van der Waals surface area contributed by atoms with Crippen LogP contribution in [0.25, 0.3) is 0 Å². The zero-order chi connectivity index (χ0) is 14.7. The van der Waals surface area contributed by atoms with Crippen LogP contribution in [0.3, 0.4) is 0 Å². The third-order valence-corrected chi connectivity index (χ3v) is 5.47. The number of ether oxygens (including phenoxy) is 1. The van der Waals surface area contributed by atoms with E-state index < -0.39 is 10.0 Å². The summed E-state index contributed by atoms with van der Waals surface area (Å²) in [4.78, 5) is 11.6. The largest absolute Gasteiger partial charge is 0.466 e. The van der Waals surface area contributed by atoms with Crippen molar-refractivity contribution < 1.29 is 17.9 Å². The summed E-state index contributed by atoms with van der Waals surface area (Å²) >= 11 is 0. The number of carbonyl (C=O) groups is 1. The van der Waals surface area contributed by atoms with Crippen LogP contribution in [0.1, 0.15) is 40.5 Å². The minimum Gasteiger partial charge on any atom is -0.466 e. The maximum atomic E-state index is 12.2. The Hall–Kier alpha value is -0.620. The van der Waals surface area contributed by atoms with Crippen LogP contribution in [0.2, 0.25) is 0 Å². The molecule has 0 amide bonds. The minimum atomic E-state index is -3.22. The first-order valence-corrected chi connectivity index (χ1v) is 8.41. The van der Waals surface area contributed by atoms with E-state index in [1.54, 1.807) is 6.92 Å². The molecule has 0 saturated carbocycles. The maximum Gasteiger partial charge on any atom is 0.309 e. The molecular formula is C13H25NO4S. The molecule has 0 spiro atoms. The maximum absolute atomic E-state index is 12.2. The summed E-state index contributed by atoms with van der Waals surface area (Å²) in [6, 6.07) is 0. The molecule has 0 aromatic carbocycles. The molecule has 0 atom stereocenters. The third kappa shape index (κ3) is 5.10. The number of sulfonamides is 1. The highest BCUT2D eigenvalue weighted by Crippen LogP contribution is 2.24. The SMILES string of the molecule is CCOC(=O)C1CCN(S(=O)(=O)CC(C)(C)C)CC1. The first kappa shape index (κ1) is 16.4. The van der Waals surface area contributed by atoms with Gasteiger partial charge in [0.25, 0.3) is 0 Å². The number of nitrogens with zero attached hydrogens (tertiary/aromatic N) is 1. The van der Waals surface area contributed by atoms with Crippen LogP contribution in [0, 0.1) is 11.3 Å². The van der Waals surface area contributed by atoms with Gasteiger partial charge in [0.1, 0.15) is 0 Å². The monoisotopic (exact) mass is 291 g/mol. The summed E-state index contributed by atoms with van der Waals surface area (Å²) < 4.78 is 30.9. The van der Waals surface area contributed by atoms with E-state index in [1.165, 1.54) is 4.31 Å². The van der Waals surface area contributed by atoms with Crippen LogP contribution in [0.5, 0.6) is 0 Å². The number of hydrogen-bond donors (Lipinski definition) is 0. The predicted molar refractivity (Wildman–Crippen MR) is 74.2 cm³/mol. The Labute approximate surface area is 116 Å². The Morgan fingerprint density at radius 2 is 1.79 bits per heavy atom. The zero-order valence-corrected chi connectivity index (χ0v) is 13.1. The van der Waals surface area contributed by atoms with Crippen molar-refractivity contribution in [3.8, 4) is 0 Å². The van der Waals surface area contributed by atoms with Crippen molar-refractivity contribution in [3.05, 3.63) is 0 Å². The lowest BCUT2D eigenvalue weighted by Crippen LogP contribution is -2.43. The van der Waals surface area contributed by atoms with Crippen molar-refractivity contribution >= 4 is 16.0 Å². The van der Waals surface area contributed by atoms with Crippen LogP contribution in [-0.2, 0) is 19.6 Å². The van der Waals surface area contributed by atoms with Crippen molar-refractivity contribution in [1.82, 2.24) is 4.31 Å². The fourth-order valence-corrected chi connectivity index (χ4v) is 4.31. The van der Waals surface area contributed by atoms with E-state index in [-0.39, 0.29) is 23.1 Å². The lowest BCUT2D eigenvalue weighted by molar-refractivity contribution is -0.149. The van der Waals surface area contributed by atoms with Crippen molar-refractivity contribution in [2.24, 2.45) is 11.3 Å². The number of hydrogen-bond acceptors (Lipinski definition) is 4. The highest BCUT2D eigenvalue weighted by molar-refractivity contribution is 7.89. The van der Waals surface area contributed by atoms with Crippen molar-refractivity contribution in [1.29, 1.82) is 0 Å². The van der Waals surface area contributed by atoms with E-state index in [4.69, 9.17) is 4.74 Å². The molecule has 0 bridgehead atoms. The summed E-state index contributed by atoms with van der Waals surface area (Å²) in [6.07, 6.45) is 1.12. The van der Waals surface area contributed by atoms with Crippen LogP contribution < -0.4 is 0 Å². The molecule has 0 N–H and O–H groups in total. The van der Waals surface area contributed by atoms with E-state index in [9.17, 15) is 13.2 Å². The number of esters is 1. The van der Waals surface area contributed by atoms with E-state index in [0.717, 1.165) is 0 Å². The smallest absolute Gasteiger partial charge is 0.309 e. The molecule has 1 saturated heterocycles. The normalized spacial score (nSPS) is 19.4. The van der Waals surface area contributed by atoms with Gasteiger partial charge in [0.05, 0.1) is 18.3 Å². The summed E-state index contributed by atoms with van der Waals surface area (Å²) in [7, 11) is -3.22. The van der Waals surface area contributed by atoms with Gasteiger partial charge in [-0.1, -0.05) is 20.8 Å². The average molecular weight is 291 g/mol. The highest BCUT2D eigenvalue weighted by atomic mass is 32.2. The molecule has 19 heavy (non-hydrogen) atoms. The number of rotatable bonds is 4. The summed E-state index contributed by atoms with van der Waals surface area (Å²) in [5.41, 5.74) is -0.253. The van der Waals surface area contributed by atoms with Gasteiger partial charge in [-0.2, -0.15) is 0 Å². The average Bonchev–Trinajstić information content (AvgIpc) is 2.26. The first-order valence-electron chi connectivity index (χ1n) is 6.80. The molecule has 112 valence electrons. The Morgan fingerprint density at radius 1 is 1.26 bits per heavy atom. The number of piperidine rings is 1. The van der Waals surface area contributed by atoms with Crippen molar-refractivity contribution in [2.75, 3.05) is 25.4 Å². The van der Waals surface area contributed by atoms with Gasteiger partial charge in [0, 0.05) is 13.1 Å². The van der Waals surface area contributed by atoms with Gasteiger partial charge in [-0.25, -0.2) is 12.7 Å². The molecule has 1 aliphatic rings. The zero-order valence-electron chi connectivity index (χ0n) is 12.3. The molecule has 5 nitrogen and oxygen atoms in total. The van der Waals surface area contributed by atoms with Gasteiger partial charge in [-0.15, -0.1) is 0 Å². The van der Waals surface area contributed by atoms with E-state index >= 15 is 0 Å². The number of carbonyl (C=O) groups excluding carboxylic acids is 1. The van der Waals surface area contributed by atoms with Gasteiger partial charge in [-0.05, 0) is 25.2 Å². The molecular weight excluding hydrogens is 266 g/mol. The quantitative estimate of drug-likeness (QED) is 0.739. The van der Waals surface area contributed by atoms with E-state index in [2.05, 4.69) is 0 Å². The van der Waals surface area contributed by atoms with Crippen LogP contribution in [0.4, 0.5) is 0 Å². The molecule has 0 aromatic heterocycles. The molecule has 1 fully saturated rings. The summed E-state index contributed by atoms with van der Waals surface area (Å²) in [6.45, 7) is 8.73. The second kappa shape index (κ2) is 6.22. The fraction of sp³-hybridized carbons (Fsp3) is 0.923. The minimum absolute atomic E-state index is 0.143. The molecule has 0 aliphatic carbocycles. The molecule has 1 aliphatic heterocycles. The first-order chi connectivity index (χ1) is 8.65. The van der Waals surface area contributed by atoms with E-state index in [1.807, 2.05) is 20.8 Å². The van der Waals surface area contributed by atoms with Gasteiger partial charge >= 0.3 is 5.97 Å². The Bertz CT molecular complexity index is 403. The summed E-state index contributed by atoms with van der Waals surface area (Å²) in [5.74, 6) is -0.208. The second-order valence-corrected chi connectivity index (χ2v) is 8.21. The Balaban J connectivity index is 2.56. The van der Waals surface area contributed by atoms with Gasteiger partial charge in [0.2, 0.25) is 10.0 Å². The van der Waals surface area contributed by atoms with E-state index in [0.29, 0.717) is 32.5 Å². The van der Waals surface area contributed by atoms with Gasteiger partial charge in [0.15, 0.2) is 0 Å². The molecule has 0 unspecified atom stereocenters.